The monoisotopic (exact) mass is 366 g/mol. The summed E-state index contributed by atoms with van der Waals surface area (Å²) in [6, 6.07) is 9.28. The van der Waals surface area contributed by atoms with Gasteiger partial charge in [-0.1, -0.05) is 30.3 Å². The van der Waals surface area contributed by atoms with E-state index in [0.717, 1.165) is 17.8 Å². The third-order valence-electron chi connectivity index (χ3n) is 3.69. The molecular weight excluding hydrogens is 349 g/mol. The topological polar surface area (TPSA) is 79.3 Å². The number of rotatable bonds is 7. The van der Waals surface area contributed by atoms with Crippen LogP contribution in [-0.2, 0) is 17.4 Å². The van der Waals surface area contributed by atoms with Gasteiger partial charge in [0.15, 0.2) is 0 Å². The van der Waals surface area contributed by atoms with Crippen LogP contribution in [-0.4, -0.2) is 28.0 Å². The molecule has 0 saturated carbocycles. The first-order chi connectivity index (χ1) is 12.3. The molecule has 0 radical (unpaired) electrons. The molecule has 8 heteroatoms. The Labute approximate surface area is 147 Å². The van der Waals surface area contributed by atoms with Gasteiger partial charge in [0.25, 0.3) is 5.91 Å². The highest BCUT2D eigenvalue weighted by atomic mass is 19.4. The predicted octanol–water partition coefficient (Wildman–Crippen LogP) is 3.31. The predicted molar refractivity (Wildman–Crippen MR) is 87.5 cm³/mol. The molecule has 0 aliphatic carbocycles. The van der Waals surface area contributed by atoms with Gasteiger partial charge in [0.2, 0.25) is 0 Å². The maximum absolute atomic E-state index is 12.8. The van der Waals surface area contributed by atoms with E-state index in [-0.39, 0.29) is 18.4 Å². The number of carbonyl (C=O) groups is 2. The van der Waals surface area contributed by atoms with Crippen LogP contribution in [0.4, 0.5) is 13.2 Å². The van der Waals surface area contributed by atoms with Gasteiger partial charge in [-0.05, 0) is 24.5 Å². The number of aromatic nitrogens is 1. The summed E-state index contributed by atoms with van der Waals surface area (Å²) in [7, 11) is 0. The van der Waals surface area contributed by atoms with Crippen molar-refractivity contribution < 1.29 is 27.9 Å². The van der Waals surface area contributed by atoms with E-state index < -0.39 is 29.7 Å². The van der Waals surface area contributed by atoms with E-state index in [9.17, 15) is 22.8 Å². The van der Waals surface area contributed by atoms with Crippen LogP contribution >= 0.6 is 0 Å². The molecule has 26 heavy (non-hydrogen) atoms. The van der Waals surface area contributed by atoms with E-state index in [1.807, 2.05) is 30.3 Å². The number of amides is 1. The number of alkyl halides is 3. The summed E-state index contributed by atoms with van der Waals surface area (Å²) in [5, 5.41) is 11.5. The second kappa shape index (κ2) is 8.46. The molecule has 0 bridgehead atoms. The van der Waals surface area contributed by atoms with Gasteiger partial charge >= 0.3 is 12.1 Å². The zero-order valence-corrected chi connectivity index (χ0v) is 13.7. The average molecular weight is 366 g/mol. The van der Waals surface area contributed by atoms with Gasteiger partial charge in [0.05, 0.1) is 11.1 Å². The zero-order valence-electron chi connectivity index (χ0n) is 13.7. The van der Waals surface area contributed by atoms with Gasteiger partial charge in [0, 0.05) is 24.9 Å². The number of carboxylic acid groups (broad SMARTS) is 1. The highest BCUT2D eigenvalue weighted by Gasteiger charge is 2.31. The van der Waals surface area contributed by atoms with Crippen molar-refractivity contribution in [3.05, 3.63) is 65.5 Å². The molecule has 2 N–H and O–H groups in total. The van der Waals surface area contributed by atoms with Crippen molar-refractivity contribution in [1.82, 2.24) is 10.3 Å². The Morgan fingerprint density at radius 3 is 2.46 bits per heavy atom. The molecule has 0 aliphatic heterocycles. The van der Waals surface area contributed by atoms with Crippen LogP contribution in [0.3, 0.4) is 0 Å². The van der Waals surface area contributed by atoms with Gasteiger partial charge in [-0.15, -0.1) is 0 Å². The maximum Gasteiger partial charge on any atom is 0.417 e. The lowest BCUT2D eigenvalue weighted by Crippen LogP contribution is -2.37. The first-order valence-electron chi connectivity index (χ1n) is 7.84. The third kappa shape index (κ3) is 5.87. The number of hydrogen-bond donors (Lipinski definition) is 2. The lowest BCUT2D eigenvalue weighted by Gasteiger charge is -2.18. The fourth-order valence-electron chi connectivity index (χ4n) is 2.41. The van der Waals surface area contributed by atoms with Gasteiger partial charge in [-0.2, -0.15) is 13.2 Å². The minimum absolute atomic E-state index is 0.155. The molecule has 1 aromatic heterocycles. The molecule has 1 amide bonds. The fraction of sp³-hybridized carbons (Fsp3) is 0.278. The van der Waals surface area contributed by atoms with E-state index in [4.69, 9.17) is 5.11 Å². The van der Waals surface area contributed by atoms with Gasteiger partial charge in [0.1, 0.15) is 0 Å². The van der Waals surface area contributed by atoms with Gasteiger partial charge < -0.3 is 10.4 Å². The van der Waals surface area contributed by atoms with Crippen molar-refractivity contribution in [2.45, 2.75) is 31.5 Å². The summed E-state index contributed by atoms with van der Waals surface area (Å²) in [5.41, 5.74) is -0.367. The number of nitrogens with zero attached hydrogens (tertiary/aromatic N) is 1. The lowest BCUT2D eigenvalue weighted by molar-refractivity contribution is -0.138. The average Bonchev–Trinajstić information content (AvgIpc) is 2.60. The molecule has 2 aromatic rings. The van der Waals surface area contributed by atoms with Crippen LogP contribution in [0, 0.1) is 0 Å². The molecule has 0 fully saturated rings. The van der Waals surface area contributed by atoms with E-state index in [1.54, 1.807) is 0 Å². The van der Waals surface area contributed by atoms with Crippen LogP contribution in [0.1, 0.15) is 34.3 Å². The van der Waals surface area contributed by atoms with Crippen molar-refractivity contribution in [2.24, 2.45) is 0 Å². The molecule has 1 aromatic carbocycles. The summed E-state index contributed by atoms with van der Waals surface area (Å²) in [6.07, 6.45) is -2.56. The summed E-state index contributed by atoms with van der Waals surface area (Å²) in [6.45, 7) is 0. The van der Waals surface area contributed by atoms with Crippen LogP contribution in [0.25, 0.3) is 0 Å². The Balaban J connectivity index is 2.13. The number of pyridine rings is 1. The SMILES string of the molecule is O=C(O)CCC(Cc1ccccc1)NC(=O)c1cncc(C(F)(F)F)c1. The van der Waals surface area contributed by atoms with Crippen LogP contribution in [0.15, 0.2) is 48.8 Å². The van der Waals surface area contributed by atoms with Crippen molar-refractivity contribution >= 4 is 11.9 Å². The number of benzene rings is 1. The van der Waals surface area contributed by atoms with Crippen molar-refractivity contribution in [3.8, 4) is 0 Å². The van der Waals surface area contributed by atoms with Crippen LogP contribution in [0.5, 0.6) is 0 Å². The molecule has 138 valence electrons. The number of aliphatic carboxylic acids is 1. The molecule has 1 atom stereocenters. The van der Waals surface area contributed by atoms with Gasteiger partial charge in [-0.3, -0.25) is 14.6 Å². The normalized spacial score (nSPS) is 12.4. The standard InChI is InChI=1S/C18H17F3N2O3/c19-18(20,21)14-9-13(10-22-11-14)17(26)23-15(6-7-16(24)25)8-12-4-2-1-3-5-12/h1-5,9-11,15H,6-8H2,(H,23,26)(H,24,25). The van der Waals surface area contributed by atoms with Gasteiger partial charge in [-0.25, -0.2) is 0 Å². The van der Waals surface area contributed by atoms with Crippen molar-refractivity contribution in [1.29, 1.82) is 0 Å². The number of carboxylic acids is 1. The van der Waals surface area contributed by atoms with Crippen molar-refractivity contribution in [2.75, 3.05) is 0 Å². The molecule has 0 aliphatic rings. The smallest absolute Gasteiger partial charge is 0.417 e. The summed E-state index contributed by atoms with van der Waals surface area (Å²) in [5.74, 6) is -1.74. The quantitative estimate of drug-likeness (QED) is 0.788. The highest BCUT2D eigenvalue weighted by molar-refractivity contribution is 5.94. The minimum Gasteiger partial charge on any atom is -0.481 e. The largest absolute Gasteiger partial charge is 0.481 e. The Morgan fingerprint density at radius 2 is 1.85 bits per heavy atom. The molecule has 2 rings (SSSR count). The molecule has 1 heterocycles. The summed E-state index contributed by atoms with van der Waals surface area (Å²) >= 11 is 0. The highest BCUT2D eigenvalue weighted by Crippen LogP contribution is 2.28. The third-order valence-corrected chi connectivity index (χ3v) is 3.69. The summed E-state index contributed by atoms with van der Waals surface area (Å²) in [4.78, 5) is 26.6. The fourth-order valence-corrected chi connectivity index (χ4v) is 2.41. The second-order valence-corrected chi connectivity index (χ2v) is 5.75. The number of carbonyl (C=O) groups excluding carboxylic acids is 1. The molecular formula is C18H17F3N2O3. The lowest BCUT2D eigenvalue weighted by atomic mass is 10.0. The van der Waals surface area contributed by atoms with E-state index in [1.165, 1.54) is 0 Å². The molecule has 0 spiro atoms. The molecule has 0 saturated heterocycles. The first kappa shape index (κ1) is 19.4. The zero-order chi connectivity index (χ0) is 19.2. The second-order valence-electron chi connectivity index (χ2n) is 5.75. The first-order valence-corrected chi connectivity index (χ1v) is 7.84. The number of hydrogen-bond acceptors (Lipinski definition) is 3. The summed E-state index contributed by atoms with van der Waals surface area (Å²) < 4.78 is 38.3. The Morgan fingerprint density at radius 1 is 1.15 bits per heavy atom. The molecule has 1 unspecified atom stereocenters. The van der Waals surface area contributed by atoms with Crippen molar-refractivity contribution in [3.63, 3.8) is 0 Å². The number of nitrogens with one attached hydrogen (secondary N) is 1. The van der Waals surface area contributed by atoms with E-state index in [2.05, 4.69) is 10.3 Å². The van der Waals surface area contributed by atoms with E-state index in [0.29, 0.717) is 12.6 Å². The molecule has 5 nitrogen and oxygen atoms in total. The van der Waals surface area contributed by atoms with Crippen LogP contribution < -0.4 is 5.32 Å². The van der Waals surface area contributed by atoms with Crippen LogP contribution in [0.2, 0.25) is 0 Å². The van der Waals surface area contributed by atoms with E-state index >= 15 is 0 Å². The number of halogens is 3. The Hall–Kier alpha value is -2.90. The maximum atomic E-state index is 12.8. The minimum atomic E-state index is -4.60. The Kier molecular flexibility index (Phi) is 6.32. The Bertz CT molecular complexity index is 764.